The number of carbonyl (C=O) groups is 1. The average molecular weight is 267 g/mol. The number of nitrogens with zero attached hydrogens (tertiary/aromatic N) is 1. The van der Waals surface area contributed by atoms with Crippen LogP contribution in [0.3, 0.4) is 0 Å². The highest BCUT2D eigenvalue weighted by molar-refractivity contribution is 5.98. The first-order valence-corrected chi connectivity index (χ1v) is 7.43. The predicted molar refractivity (Wildman–Crippen MR) is 81.9 cm³/mol. The average Bonchev–Trinajstić information content (AvgIpc) is 2.76. The third-order valence-corrected chi connectivity index (χ3v) is 4.20. The monoisotopic (exact) mass is 267 g/mol. The van der Waals surface area contributed by atoms with E-state index >= 15 is 0 Å². The molecule has 0 fully saturated rings. The van der Waals surface area contributed by atoms with E-state index < -0.39 is 0 Å². The van der Waals surface area contributed by atoms with Crippen molar-refractivity contribution < 1.29 is 4.79 Å². The number of carbonyl (C=O) groups excluding carboxylic acids is 1. The number of fused-ring (bicyclic) bond motifs is 1. The molecule has 0 unspecified atom stereocenters. The van der Waals surface area contributed by atoms with E-state index in [1.807, 2.05) is 0 Å². The van der Waals surface area contributed by atoms with Gasteiger partial charge >= 0.3 is 0 Å². The zero-order valence-corrected chi connectivity index (χ0v) is 12.4. The quantitative estimate of drug-likeness (QED) is 0.789. The highest BCUT2D eigenvalue weighted by atomic mass is 16.1. The van der Waals surface area contributed by atoms with E-state index in [-0.39, 0.29) is 0 Å². The fourth-order valence-electron chi connectivity index (χ4n) is 3.24. The van der Waals surface area contributed by atoms with Gasteiger partial charge in [0.2, 0.25) is 0 Å². The molecule has 0 amide bonds. The minimum absolute atomic E-state index is 0.301. The molecule has 0 N–H and O–H groups in total. The first-order chi connectivity index (χ1) is 9.59. The van der Waals surface area contributed by atoms with Crippen molar-refractivity contribution in [2.75, 3.05) is 0 Å². The van der Waals surface area contributed by atoms with Gasteiger partial charge in [-0.25, -0.2) is 0 Å². The summed E-state index contributed by atoms with van der Waals surface area (Å²) in [4.78, 5) is 12.1. The lowest BCUT2D eigenvalue weighted by Gasteiger charge is -2.20. The van der Waals surface area contributed by atoms with Gasteiger partial charge in [0, 0.05) is 29.1 Å². The topological polar surface area (TPSA) is 22.0 Å². The molecular weight excluding hydrogens is 246 g/mol. The molecule has 3 rings (SSSR count). The standard InChI is InChI=1S/C18H21NO/c1-12(2)14-7-4-5-8-16(14)19-13(3)11-15-17(19)9-6-10-18(15)20/h4-5,7-8,11-12H,6,9-10H2,1-3H3. The van der Waals surface area contributed by atoms with Crippen molar-refractivity contribution in [1.29, 1.82) is 0 Å². The number of aryl methyl sites for hydroxylation is 1. The number of rotatable bonds is 2. The number of aromatic nitrogens is 1. The summed E-state index contributed by atoms with van der Waals surface area (Å²) in [6.45, 7) is 6.53. The van der Waals surface area contributed by atoms with Crippen LogP contribution >= 0.6 is 0 Å². The molecule has 0 atom stereocenters. The summed E-state index contributed by atoms with van der Waals surface area (Å²) in [5.74, 6) is 0.776. The van der Waals surface area contributed by atoms with Crippen LogP contribution in [-0.4, -0.2) is 10.4 Å². The van der Waals surface area contributed by atoms with Gasteiger partial charge in [-0.3, -0.25) is 4.79 Å². The van der Waals surface area contributed by atoms with Gasteiger partial charge in [0.25, 0.3) is 0 Å². The second-order valence-electron chi connectivity index (χ2n) is 5.97. The molecule has 1 aromatic carbocycles. The number of benzene rings is 1. The maximum Gasteiger partial charge on any atom is 0.164 e. The largest absolute Gasteiger partial charge is 0.317 e. The Balaban J connectivity index is 2.24. The predicted octanol–water partition coefficient (Wildman–Crippen LogP) is 4.43. The minimum atomic E-state index is 0.301. The Hall–Kier alpha value is -1.83. The van der Waals surface area contributed by atoms with Crippen LogP contribution in [0, 0.1) is 6.92 Å². The fraction of sp³-hybridized carbons (Fsp3) is 0.389. The summed E-state index contributed by atoms with van der Waals surface area (Å²) >= 11 is 0. The van der Waals surface area contributed by atoms with E-state index in [2.05, 4.69) is 55.7 Å². The smallest absolute Gasteiger partial charge is 0.164 e. The summed E-state index contributed by atoms with van der Waals surface area (Å²) in [5, 5.41) is 0. The van der Waals surface area contributed by atoms with E-state index in [9.17, 15) is 4.79 Å². The summed E-state index contributed by atoms with van der Waals surface area (Å²) in [7, 11) is 0. The van der Waals surface area contributed by atoms with Gasteiger partial charge in [0.15, 0.2) is 5.78 Å². The number of para-hydroxylation sites is 1. The third-order valence-electron chi connectivity index (χ3n) is 4.20. The van der Waals surface area contributed by atoms with Crippen LogP contribution in [0.1, 0.15) is 59.9 Å². The van der Waals surface area contributed by atoms with Crippen molar-refractivity contribution in [2.45, 2.75) is 46.0 Å². The van der Waals surface area contributed by atoms with E-state index in [1.165, 1.54) is 22.6 Å². The summed E-state index contributed by atoms with van der Waals surface area (Å²) in [6.07, 6.45) is 2.67. The Labute approximate surface area is 120 Å². The molecule has 2 aromatic rings. The Morgan fingerprint density at radius 1 is 1.15 bits per heavy atom. The zero-order valence-electron chi connectivity index (χ0n) is 12.4. The third kappa shape index (κ3) is 2.00. The van der Waals surface area contributed by atoms with Gasteiger partial charge in [-0.05, 0) is 43.4 Å². The van der Waals surface area contributed by atoms with Crippen molar-refractivity contribution in [3.63, 3.8) is 0 Å². The Kier molecular flexibility index (Phi) is 3.25. The SMILES string of the molecule is Cc1cc2c(n1-c1ccccc1C(C)C)CCCC2=O. The molecule has 2 heteroatoms. The Morgan fingerprint density at radius 3 is 2.65 bits per heavy atom. The number of ketones is 1. The lowest BCUT2D eigenvalue weighted by molar-refractivity contribution is 0.0972. The highest BCUT2D eigenvalue weighted by Gasteiger charge is 2.24. The molecule has 1 aliphatic carbocycles. The van der Waals surface area contributed by atoms with Crippen molar-refractivity contribution >= 4 is 5.78 Å². The van der Waals surface area contributed by atoms with Gasteiger partial charge in [0.05, 0.1) is 0 Å². The van der Waals surface area contributed by atoms with Gasteiger partial charge in [-0.1, -0.05) is 32.0 Å². The molecule has 20 heavy (non-hydrogen) atoms. The van der Waals surface area contributed by atoms with Gasteiger partial charge in [0.1, 0.15) is 0 Å². The second-order valence-corrected chi connectivity index (χ2v) is 5.97. The molecule has 104 valence electrons. The van der Waals surface area contributed by atoms with Gasteiger partial charge in [-0.2, -0.15) is 0 Å². The van der Waals surface area contributed by atoms with Crippen LogP contribution in [0.5, 0.6) is 0 Å². The molecular formula is C18H21NO. The first-order valence-electron chi connectivity index (χ1n) is 7.43. The lowest BCUT2D eigenvalue weighted by atomic mass is 9.96. The summed E-state index contributed by atoms with van der Waals surface area (Å²) in [5.41, 5.74) is 5.88. The van der Waals surface area contributed by atoms with E-state index in [1.54, 1.807) is 0 Å². The summed E-state index contributed by atoms with van der Waals surface area (Å²) in [6, 6.07) is 10.6. The van der Waals surface area contributed by atoms with Crippen molar-refractivity contribution in [1.82, 2.24) is 4.57 Å². The maximum atomic E-state index is 12.1. The number of Topliss-reactive ketones (excluding diaryl/α,β-unsaturated/α-hetero) is 1. The second kappa shape index (κ2) is 4.93. The van der Waals surface area contributed by atoms with E-state index in [0.717, 1.165) is 18.4 Å². The molecule has 0 spiro atoms. The Morgan fingerprint density at radius 2 is 1.90 bits per heavy atom. The van der Waals surface area contributed by atoms with Crippen LogP contribution in [0.15, 0.2) is 30.3 Å². The van der Waals surface area contributed by atoms with Gasteiger partial charge < -0.3 is 4.57 Å². The number of hydrogen-bond donors (Lipinski definition) is 0. The van der Waals surface area contributed by atoms with Crippen LogP contribution in [0.4, 0.5) is 0 Å². The van der Waals surface area contributed by atoms with Crippen LogP contribution in [0.25, 0.3) is 5.69 Å². The van der Waals surface area contributed by atoms with E-state index in [4.69, 9.17) is 0 Å². The molecule has 0 bridgehead atoms. The highest BCUT2D eigenvalue weighted by Crippen LogP contribution is 2.31. The summed E-state index contributed by atoms with van der Waals surface area (Å²) < 4.78 is 2.29. The molecule has 1 aromatic heterocycles. The molecule has 0 saturated carbocycles. The maximum absolute atomic E-state index is 12.1. The van der Waals surface area contributed by atoms with Crippen LogP contribution < -0.4 is 0 Å². The fourth-order valence-corrected chi connectivity index (χ4v) is 3.24. The molecule has 0 saturated heterocycles. The normalized spacial score (nSPS) is 14.7. The van der Waals surface area contributed by atoms with Crippen LogP contribution in [-0.2, 0) is 6.42 Å². The van der Waals surface area contributed by atoms with Crippen molar-refractivity contribution in [2.24, 2.45) is 0 Å². The minimum Gasteiger partial charge on any atom is -0.317 e. The number of hydrogen-bond acceptors (Lipinski definition) is 1. The van der Waals surface area contributed by atoms with Crippen molar-refractivity contribution in [3.8, 4) is 5.69 Å². The molecule has 1 aliphatic rings. The van der Waals surface area contributed by atoms with Gasteiger partial charge in [-0.15, -0.1) is 0 Å². The molecule has 2 nitrogen and oxygen atoms in total. The molecule has 1 heterocycles. The van der Waals surface area contributed by atoms with E-state index in [0.29, 0.717) is 18.1 Å². The molecule has 0 aliphatic heterocycles. The van der Waals surface area contributed by atoms with Crippen LogP contribution in [0.2, 0.25) is 0 Å². The van der Waals surface area contributed by atoms with Crippen molar-refractivity contribution in [3.05, 3.63) is 52.8 Å². The zero-order chi connectivity index (χ0) is 14.3. The lowest BCUT2D eigenvalue weighted by Crippen LogP contribution is -2.13. The first kappa shape index (κ1) is 13.2. The molecule has 0 radical (unpaired) electrons. The Bertz CT molecular complexity index is 664.